The van der Waals surface area contributed by atoms with Crippen LogP contribution in [-0.2, 0) is 4.79 Å². The maximum absolute atomic E-state index is 12.0. The van der Waals surface area contributed by atoms with Crippen LogP contribution in [0, 0.1) is 13.8 Å². The predicted octanol–water partition coefficient (Wildman–Crippen LogP) is 3.29. The molecular formula is C18H19BrN2O3. The van der Waals surface area contributed by atoms with Crippen molar-refractivity contribution < 1.29 is 14.3 Å². The molecule has 0 saturated heterocycles. The Morgan fingerprint density at radius 2 is 1.67 bits per heavy atom. The third-order valence-electron chi connectivity index (χ3n) is 3.57. The fourth-order valence-electron chi connectivity index (χ4n) is 1.94. The number of hydrogen-bond donors (Lipinski definition) is 2. The predicted molar refractivity (Wildman–Crippen MR) is 95.8 cm³/mol. The molecule has 0 bridgehead atoms. The largest absolute Gasteiger partial charge is 0.481 e. The SMILES string of the molecule is Cc1ccc(OC(C)C(=O)NNC(=O)c2ccc(Br)cc2)cc1C. The average Bonchev–Trinajstić information content (AvgIpc) is 2.56. The van der Waals surface area contributed by atoms with E-state index in [9.17, 15) is 9.59 Å². The molecule has 0 saturated carbocycles. The molecule has 2 aromatic carbocycles. The smallest absolute Gasteiger partial charge is 0.279 e. The molecule has 5 nitrogen and oxygen atoms in total. The van der Waals surface area contributed by atoms with Crippen LogP contribution in [0.4, 0.5) is 0 Å². The molecular weight excluding hydrogens is 372 g/mol. The summed E-state index contributed by atoms with van der Waals surface area (Å²) >= 11 is 3.30. The molecule has 0 aliphatic carbocycles. The molecule has 6 heteroatoms. The Morgan fingerprint density at radius 3 is 2.29 bits per heavy atom. The summed E-state index contributed by atoms with van der Waals surface area (Å²) in [5, 5.41) is 0. The van der Waals surface area contributed by atoms with E-state index >= 15 is 0 Å². The Balaban J connectivity index is 1.88. The molecule has 1 unspecified atom stereocenters. The van der Waals surface area contributed by atoms with Gasteiger partial charge in [0.15, 0.2) is 6.10 Å². The minimum Gasteiger partial charge on any atom is -0.481 e. The van der Waals surface area contributed by atoms with E-state index in [1.54, 1.807) is 31.2 Å². The van der Waals surface area contributed by atoms with Crippen molar-refractivity contribution in [3.05, 3.63) is 63.6 Å². The summed E-state index contributed by atoms with van der Waals surface area (Å²) in [5.74, 6) is -0.215. The zero-order valence-corrected chi connectivity index (χ0v) is 15.3. The number of benzene rings is 2. The standard InChI is InChI=1S/C18H19BrN2O3/c1-11-4-9-16(10-12(11)2)24-13(3)17(22)20-21-18(23)14-5-7-15(19)8-6-14/h4-10,13H,1-3H3,(H,20,22)(H,21,23). The monoisotopic (exact) mass is 390 g/mol. The highest BCUT2D eigenvalue weighted by Crippen LogP contribution is 2.17. The first-order valence-corrected chi connectivity index (χ1v) is 8.26. The molecule has 0 heterocycles. The number of hydrazine groups is 1. The molecule has 0 spiro atoms. The van der Waals surface area contributed by atoms with Gasteiger partial charge in [0.2, 0.25) is 0 Å². The molecule has 126 valence electrons. The number of carbonyl (C=O) groups excluding carboxylic acids is 2. The van der Waals surface area contributed by atoms with Crippen LogP contribution in [0.25, 0.3) is 0 Å². The molecule has 0 fully saturated rings. The molecule has 1 atom stereocenters. The van der Waals surface area contributed by atoms with Crippen molar-refractivity contribution in [1.82, 2.24) is 10.9 Å². The normalized spacial score (nSPS) is 11.5. The summed E-state index contributed by atoms with van der Waals surface area (Å²) in [6.07, 6.45) is -0.739. The quantitative estimate of drug-likeness (QED) is 0.786. The molecule has 2 aromatic rings. The Hall–Kier alpha value is -2.34. The van der Waals surface area contributed by atoms with E-state index in [4.69, 9.17) is 4.74 Å². The Kier molecular flexibility index (Phi) is 5.98. The number of carbonyl (C=O) groups is 2. The summed E-state index contributed by atoms with van der Waals surface area (Å²) in [5.41, 5.74) is 7.42. The Morgan fingerprint density at radius 1 is 1.00 bits per heavy atom. The zero-order chi connectivity index (χ0) is 17.7. The van der Waals surface area contributed by atoms with Crippen LogP contribution in [0.3, 0.4) is 0 Å². The van der Waals surface area contributed by atoms with E-state index in [0.29, 0.717) is 11.3 Å². The number of halogens is 1. The minimum absolute atomic E-state index is 0.394. The zero-order valence-electron chi connectivity index (χ0n) is 13.7. The molecule has 0 aromatic heterocycles. The van der Waals surface area contributed by atoms with Crippen molar-refractivity contribution >= 4 is 27.7 Å². The fourth-order valence-corrected chi connectivity index (χ4v) is 2.20. The van der Waals surface area contributed by atoms with E-state index in [-0.39, 0.29) is 0 Å². The van der Waals surface area contributed by atoms with Gasteiger partial charge >= 0.3 is 0 Å². The molecule has 0 aliphatic rings. The topological polar surface area (TPSA) is 67.4 Å². The first kappa shape index (κ1) is 18.0. The van der Waals surface area contributed by atoms with E-state index in [1.807, 2.05) is 32.0 Å². The molecule has 2 rings (SSSR count). The highest BCUT2D eigenvalue weighted by atomic mass is 79.9. The van der Waals surface area contributed by atoms with E-state index in [0.717, 1.165) is 15.6 Å². The Labute approximate surface area is 149 Å². The van der Waals surface area contributed by atoms with Gasteiger partial charge in [0, 0.05) is 10.0 Å². The van der Waals surface area contributed by atoms with Gasteiger partial charge in [-0.2, -0.15) is 0 Å². The van der Waals surface area contributed by atoms with Gasteiger partial charge in [-0.25, -0.2) is 0 Å². The number of nitrogens with one attached hydrogen (secondary N) is 2. The number of aryl methyl sites for hydroxylation is 2. The summed E-state index contributed by atoms with van der Waals surface area (Å²) in [6, 6.07) is 12.4. The maximum Gasteiger partial charge on any atom is 0.279 e. The van der Waals surface area contributed by atoms with Crippen LogP contribution >= 0.6 is 15.9 Å². The molecule has 0 aliphatic heterocycles. The lowest BCUT2D eigenvalue weighted by Crippen LogP contribution is -2.47. The van der Waals surface area contributed by atoms with Gasteiger partial charge in [0.25, 0.3) is 11.8 Å². The second kappa shape index (κ2) is 7.97. The van der Waals surface area contributed by atoms with Gasteiger partial charge in [-0.15, -0.1) is 0 Å². The van der Waals surface area contributed by atoms with Crippen molar-refractivity contribution in [1.29, 1.82) is 0 Å². The van der Waals surface area contributed by atoms with Crippen LogP contribution in [-0.4, -0.2) is 17.9 Å². The molecule has 2 amide bonds. The van der Waals surface area contributed by atoms with Crippen LogP contribution < -0.4 is 15.6 Å². The van der Waals surface area contributed by atoms with Crippen molar-refractivity contribution in [2.24, 2.45) is 0 Å². The third-order valence-corrected chi connectivity index (χ3v) is 4.09. The van der Waals surface area contributed by atoms with Crippen molar-refractivity contribution in [3.63, 3.8) is 0 Å². The maximum atomic E-state index is 12.0. The lowest BCUT2D eigenvalue weighted by Gasteiger charge is -2.16. The molecule has 2 N–H and O–H groups in total. The van der Waals surface area contributed by atoms with E-state index < -0.39 is 17.9 Å². The van der Waals surface area contributed by atoms with Crippen LogP contribution in [0.2, 0.25) is 0 Å². The third kappa shape index (κ3) is 4.83. The van der Waals surface area contributed by atoms with Crippen molar-refractivity contribution in [2.75, 3.05) is 0 Å². The van der Waals surface area contributed by atoms with Gasteiger partial charge < -0.3 is 4.74 Å². The number of hydrogen-bond acceptors (Lipinski definition) is 3. The summed E-state index contributed by atoms with van der Waals surface area (Å²) in [6.45, 7) is 5.61. The van der Waals surface area contributed by atoms with Gasteiger partial charge in [0.1, 0.15) is 5.75 Å². The highest BCUT2D eigenvalue weighted by Gasteiger charge is 2.16. The second-order valence-corrected chi connectivity index (χ2v) is 6.37. The van der Waals surface area contributed by atoms with Crippen LogP contribution in [0.1, 0.15) is 28.4 Å². The van der Waals surface area contributed by atoms with Gasteiger partial charge in [-0.1, -0.05) is 22.0 Å². The summed E-state index contributed by atoms with van der Waals surface area (Å²) < 4.78 is 6.47. The van der Waals surface area contributed by atoms with Crippen LogP contribution in [0.15, 0.2) is 46.9 Å². The average molecular weight is 391 g/mol. The minimum atomic E-state index is -0.739. The Bertz CT molecular complexity index is 744. The lowest BCUT2D eigenvalue weighted by molar-refractivity contribution is -0.128. The van der Waals surface area contributed by atoms with E-state index in [2.05, 4.69) is 26.8 Å². The molecule has 0 radical (unpaired) electrons. The summed E-state index contributed by atoms with van der Waals surface area (Å²) in [7, 11) is 0. The number of ether oxygens (including phenoxy) is 1. The second-order valence-electron chi connectivity index (χ2n) is 5.46. The summed E-state index contributed by atoms with van der Waals surface area (Å²) in [4.78, 5) is 24.0. The highest BCUT2D eigenvalue weighted by molar-refractivity contribution is 9.10. The van der Waals surface area contributed by atoms with Gasteiger partial charge in [-0.05, 0) is 68.3 Å². The van der Waals surface area contributed by atoms with Crippen LogP contribution in [0.5, 0.6) is 5.75 Å². The van der Waals surface area contributed by atoms with Crippen molar-refractivity contribution in [2.45, 2.75) is 26.9 Å². The fraction of sp³-hybridized carbons (Fsp3) is 0.222. The van der Waals surface area contributed by atoms with Gasteiger partial charge in [-0.3, -0.25) is 20.4 Å². The van der Waals surface area contributed by atoms with Crippen molar-refractivity contribution in [3.8, 4) is 5.75 Å². The molecule has 24 heavy (non-hydrogen) atoms. The number of rotatable bonds is 4. The van der Waals surface area contributed by atoms with E-state index in [1.165, 1.54) is 0 Å². The van der Waals surface area contributed by atoms with Gasteiger partial charge in [0.05, 0.1) is 0 Å². The lowest BCUT2D eigenvalue weighted by atomic mass is 10.1. The first-order valence-electron chi connectivity index (χ1n) is 7.46. The first-order chi connectivity index (χ1) is 11.4. The number of amides is 2.